The Morgan fingerprint density at radius 2 is 2.11 bits per heavy atom. The van der Waals surface area contributed by atoms with Crippen LogP contribution in [0.15, 0.2) is 24.3 Å². The van der Waals surface area contributed by atoms with Crippen molar-refractivity contribution >= 4 is 17.7 Å². The number of nitrogens with zero attached hydrogens (tertiary/aromatic N) is 1. The highest BCUT2D eigenvalue weighted by molar-refractivity contribution is 5.91. The van der Waals surface area contributed by atoms with Gasteiger partial charge in [0, 0.05) is 25.7 Å². The summed E-state index contributed by atoms with van der Waals surface area (Å²) >= 11 is 0. The molecule has 0 aliphatic carbocycles. The van der Waals surface area contributed by atoms with E-state index in [-0.39, 0.29) is 5.91 Å². The molecule has 1 N–H and O–H groups in total. The third-order valence-electron chi connectivity index (χ3n) is 2.48. The number of nitrogens with one attached hydrogen (secondary N) is 1. The molecule has 5 heteroatoms. The van der Waals surface area contributed by atoms with E-state index in [2.05, 4.69) is 10.1 Å². The van der Waals surface area contributed by atoms with Crippen molar-refractivity contribution in [1.29, 1.82) is 0 Å². The molecular weight excluding hydrogens is 232 g/mol. The van der Waals surface area contributed by atoms with E-state index in [1.54, 1.807) is 4.90 Å². The summed E-state index contributed by atoms with van der Waals surface area (Å²) in [6, 6.07) is 7.66. The molecule has 0 atom stereocenters. The van der Waals surface area contributed by atoms with Gasteiger partial charge in [0.25, 0.3) is 0 Å². The zero-order chi connectivity index (χ0) is 13.5. The topological polar surface area (TPSA) is 58.6 Å². The summed E-state index contributed by atoms with van der Waals surface area (Å²) in [6.45, 7) is 4.23. The highest BCUT2D eigenvalue weighted by atomic mass is 16.5. The molecule has 0 aliphatic rings. The predicted octanol–water partition coefficient (Wildman–Crippen LogP) is 1.70. The molecule has 2 amide bonds. The molecule has 0 bridgehead atoms. The van der Waals surface area contributed by atoms with Gasteiger partial charge < -0.3 is 15.0 Å². The monoisotopic (exact) mass is 250 g/mol. The smallest absolute Gasteiger partial charge is 0.406 e. The largest absolute Gasteiger partial charge is 0.453 e. The Morgan fingerprint density at radius 1 is 1.39 bits per heavy atom. The standard InChI is InChI=1S/C13H18N2O3/c1-10-5-4-6-12(9-10)15(11(2)16)8-7-14-13(17)18-3/h4-6,9H,7-8H2,1-3H3,(H,14,17). The highest BCUT2D eigenvalue weighted by Gasteiger charge is 2.11. The Bertz CT molecular complexity index is 432. The van der Waals surface area contributed by atoms with Crippen molar-refractivity contribution in [3.05, 3.63) is 29.8 Å². The lowest BCUT2D eigenvalue weighted by Gasteiger charge is -2.21. The van der Waals surface area contributed by atoms with Crippen molar-refractivity contribution in [3.63, 3.8) is 0 Å². The molecule has 18 heavy (non-hydrogen) atoms. The molecule has 0 spiro atoms. The van der Waals surface area contributed by atoms with Crippen molar-refractivity contribution in [2.75, 3.05) is 25.1 Å². The van der Waals surface area contributed by atoms with E-state index in [0.29, 0.717) is 13.1 Å². The molecule has 0 saturated carbocycles. The number of anilines is 1. The third kappa shape index (κ3) is 4.08. The highest BCUT2D eigenvalue weighted by Crippen LogP contribution is 2.15. The molecule has 0 heterocycles. The Hall–Kier alpha value is -2.04. The first-order chi connectivity index (χ1) is 8.54. The van der Waals surface area contributed by atoms with Crippen LogP contribution in [0.5, 0.6) is 0 Å². The summed E-state index contributed by atoms with van der Waals surface area (Å²) in [5.74, 6) is -0.0627. The minimum Gasteiger partial charge on any atom is -0.453 e. The predicted molar refractivity (Wildman–Crippen MR) is 69.6 cm³/mol. The van der Waals surface area contributed by atoms with Gasteiger partial charge in [-0.2, -0.15) is 0 Å². The van der Waals surface area contributed by atoms with Gasteiger partial charge in [0.05, 0.1) is 7.11 Å². The summed E-state index contributed by atoms with van der Waals surface area (Å²) in [6.07, 6.45) is -0.497. The normalized spacial score (nSPS) is 9.72. The molecule has 5 nitrogen and oxygen atoms in total. The first-order valence-electron chi connectivity index (χ1n) is 5.71. The number of amides is 2. The summed E-state index contributed by atoms with van der Waals surface area (Å²) in [5.41, 5.74) is 1.91. The maximum atomic E-state index is 11.6. The second-order valence-electron chi connectivity index (χ2n) is 3.93. The van der Waals surface area contributed by atoms with Gasteiger partial charge in [0.15, 0.2) is 0 Å². The van der Waals surface area contributed by atoms with Crippen LogP contribution in [0.4, 0.5) is 10.5 Å². The summed E-state index contributed by atoms with van der Waals surface area (Å²) in [4.78, 5) is 24.1. The van der Waals surface area contributed by atoms with E-state index in [4.69, 9.17) is 0 Å². The van der Waals surface area contributed by atoms with E-state index in [1.807, 2.05) is 31.2 Å². The second kappa shape index (κ2) is 6.64. The van der Waals surface area contributed by atoms with Gasteiger partial charge in [-0.3, -0.25) is 4.79 Å². The number of ether oxygens (including phenoxy) is 1. The van der Waals surface area contributed by atoms with E-state index >= 15 is 0 Å². The molecule has 0 saturated heterocycles. The number of carbonyl (C=O) groups is 2. The quantitative estimate of drug-likeness (QED) is 0.885. The van der Waals surface area contributed by atoms with Gasteiger partial charge in [-0.25, -0.2) is 4.79 Å². The minimum atomic E-state index is -0.497. The number of alkyl carbamates (subject to hydrolysis) is 1. The number of benzene rings is 1. The van der Waals surface area contributed by atoms with Gasteiger partial charge in [0.2, 0.25) is 5.91 Å². The van der Waals surface area contributed by atoms with E-state index in [9.17, 15) is 9.59 Å². The number of aryl methyl sites for hydroxylation is 1. The lowest BCUT2D eigenvalue weighted by molar-refractivity contribution is -0.116. The number of hydrogen-bond acceptors (Lipinski definition) is 3. The average Bonchev–Trinajstić information content (AvgIpc) is 2.33. The van der Waals surface area contributed by atoms with Crippen molar-refractivity contribution in [3.8, 4) is 0 Å². The van der Waals surface area contributed by atoms with Crippen LogP contribution in [0.25, 0.3) is 0 Å². The first-order valence-corrected chi connectivity index (χ1v) is 5.71. The summed E-state index contributed by atoms with van der Waals surface area (Å²) < 4.78 is 4.46. The van der Waals surface area contributed by atoms with E-state index in [1.165, 1.54) is 14.0 Å². The van der Waals surface area contributed by atoms with Crippen LogP contribution in [0.1, 0.15) is 12.5 Å². The summed E-state index contributed by atoms with van der Waals surface area (Å²) in [7, 11) is 1.30. The van der Waals surface area contributed by atoms with Gasteiger partial charge >= 0.3 is 6.09 Å². The molecule has 0 aromatic heterocycles. The molecule has 98 valence electrons. The molecule has 1 aromatic rings. The molecule has 0 unspecified atom stereocenters. The fraction of sp³-hybridized carbons (Fsp3) is 0.385. The minimum absolute atomic E-state index is 0.0627. The third-order valence-corrected chi connectivity index (χ3v) is 2.48. The Kier molecular flexibility index (Phi) is 5.17. The van der Waals surface area contributed by atoms with Gasteiger partial charge in [-0.05, 0) is 24.6 Å². The zero-order valence-corrected chi connectivity index (χ0v) is 10.9. The lowest BCUT2D eigenvalue weighted by atomic mass is 10.2. The number of hydrogen-bond donors (Lipinski definition) is 1. The van der Waals surface area contributed by atoms with Crippen LogP contribution in [0, 0.1) is 6.92 Å². The molecule has 0 aliphatic heterocycles. The maximum Gasteiger partial charge on any atom is 0.406 e. The Balaban J connectivity index is 2.66. The van der Waals surface area contributed by atoms with Crippen molar-refractivity contribution in [1.82, 2.24) is 5.32 Å². The Morgan fingerprint density at radius 3 is 2.67 bits per heavy atom. The first kappa shape index (κ1) is 14.0. The van der Waals surface area contributed by atoms with Crippen molar-refractivity contribution in [2.45, 2.75) is 13.8 Å². The van der Waals surface area contributed by atoms with Crippen LogP contribution in [0.3, 0.4) is 0 Å². The maximum absolute atomic E-state index is 11.6. The SMILES string of the molecule is COC(=O)NCCN(C(C)=O)c1cccc(C)c1. The van der Waals surface area contributed by atoms with Crippen LogP contribution >= 0.6 is 0 Å². The fourth-order valence-corrected chi connectivity index (χ4v) is 1.61. The number of carbonyl (C=O) groups excluding carboxylic acids is 2. The van der Waals surface area contributed by atoms with Crippen molar-refractivity contribution < 1.29 is 14.3 Å². The van der Waals surface area contributed by atoms with Crippen LogP contribution in [-0.2, 0) is 9.53 Å². The van der Waals surface area contributed by atoms with Crippen LogP contribution < -0.4 is 10.2 Å². The molecule has 1 aromatic carbocycles. The summed E-state index contributed by atoms with van der Waals surface area (Å²) in [5, 5.41) is 2.55. The molecule has 1 rings (SSSR count). The lowest BCUT2D eigenvalue weighted by Crippen LogP contribution is -2.37. The zero-order valence-electron chi connectivity index (χ0n) is 10.9. The van der Waals surface area contributed by atoms with Crippen molar-refractivity contribution in [2.24, 2.45) is 0 Å². The number of rotatable bonds is 4. The van der Waals surface area contributed by atoms with Crippen LogP contribution in [0.2, 0.25) is 0 Å². The second-order valence-corrected chi connectivity index (χ2v) is 3.93. The van der Waals surface area contributed by atoms with E-state index in [0.717, 1.165) is 11.3 Å². The molecular formula is C13H18N2O3. The van der Waals surface area contributed by atoms with Gasteiger partial charge in [-0.1, -0.05) is 12.1 Å². The molecule has 0 radical (unpaired) electrons. The Labute approximate surface area is 107 Å². The average molecular weight is 250 g/mol. The molecule has 0 fully saturated rings. The van der Waals surface area contributed by atoms with Gasteiger partial charge in [0.1, 0.15) is 0 Å². The van der Waals surface area contributed by atoms with Crippen LogP contribution in [-0.4, -0.2) is 32.2 Å². The van der Waals surface area contributed by atoms with Gasteiger partial charge in [-0.15, -0.1) is 0 Å². The van der Waals surface area contributed by atoms with E-state index < -0.39 is 6.09 Å². The number of methoxy groups -OCH3 is 1. The fourth-order valence-electron chi connectivity index (χ4n) is 1.61.